The zero-order chi connectivity index (χ0) is 21.3. The highest BCUT2D eigenvalue weighted by molar-refractivity contribution is 5.89. The van der Waals surface area contributed by atoms with Gasteiger partial charge in [-0.25, -0.2) is 14.6 Å². The van der Waals surface area contributed by atoms with E-state index in [1.165, 1.54) is 32.8 Å². The van der Waals surface area contributed by atoms with Crippen LogP contribution in [-0.2, 0) is 17.8 Å². The van der Waals surface area contributed by atoms with Gasteiger partial charge in [0, 0.05) is 39.4 Å². The Morgan fingerprint density at radius 2 is 1.77 bits per heavy atom. The van der Waals surface area contributed by atoms with Gasteiger partial charge in [0.2, 0.25) is 0 Å². The lowest BCUT2D eigenvalue weighted by molar-refractivity contribution is 0.0600. The number of nitrogens with one attached hydrogen (secondary N) is 1. The number of hydrogen-bond acceptors (Lipinski definition) is 5. The third-order valence-electron chi connectivity index (χ3n) is 5.33. The highest BCUT2D eigenvalue weighted by atomic mass is 16.5. The number of carbonyl (C=O) groups is 2. The molecule has 30 heavy (non-hydrogen) atoms. The van der Waals surface area contributed by atoms with Crippen LogP contribution in [0.4, 0.5) is 10.6 Å². The van der Waals surface area contributed by atoms with Crippen LogP contribution in [0.2, 0.25) is 0 Å². The maximum absolute atomic E-state index is 12.5. The molecule has 1 aromatic carbocycles. The van der Waals surface area contributed by atoms with E-state index in [-0.39, 0.29) is 12.0 Å². The second kappa shape index (κ2) is 10.6. The molecule has 0 aliphatic carbocycles. The molecule has 2 aromatic rings. The molecule has 1 fully saturated rings. The molecular weight excluding hydrogens is 380 g/mol. The number of methoxy groups -OCH3 is 1. The number of ether oxygens (including phenoxy) is 1. The monoisotopic (exact) mass is 410 g/mol. The minimum atomic E-state index is -0.371. The second-order valence-corrected chi connectivity index (χ2v) is 7.63. The standard InChI is InChI=1S/C23H30N4O3/c1-26(17-18-7-9-20(10-8-18)22(28)30-2)23(29)25-16-19-11-12-24-21(15-19)27-13-5-3-4-6-14-27/h7-12,15H,3-6,13-14,16-17H2,1-2H3,(H,25,29). The Balaban J connectivity index is 1.52. The predicted octanol–water partition coefficient (Wildman–Crippen LogP) is 3.59. The minimum Gasteiger partial charge on any atom is -0.465 e. The van der Waals surface area contributed by atoms with Crippen molar-refractivity contribution in [3.8, 4) is 0 Å². The van der Waals surface area contributed by atoms with Gasteiger partial charge in [-0.05, 0) is 48.2 Å². The predicted molar refractivity (Wildman–Crippen MR) is 116 cm³/mol. The van der Waals surface area contributed by atoms with Gasteiger partial charge < -0.3 is 19.9 Å². The van der Waals surface area contributed by atoms with Crippen LogP contribution in [0.15, 0.2) is 42.6 Å². The zero-order valence-electron chi connectivity index (χ0n) is 17.8. The first kappa shape index (κ1) is 21.6. The van der Waals surface area contributed by atoms with E-state index in [2.05, 4.69) is 21.3 Å². The first-order valence-corrected chi connectivity index (χ1v) is 10.4. The first-order valence-electron chi connectivity index (χ1n) is 10.4. The number of amides is 2. The third-order valence-corrected chi connectivity index (χ3v) is 5.33. The van der Waals surface area contributed by atoms with Crippen LogP contribution in [0.3, 0.4) is 0 Å². The summed E-state index contributed by atoms with van der Waals surface area (Å²) in [6.45, 7) is 2.98. The highest BCUT2D eigenvalue weighted by Gasteiger charge is 2.13. The molecule has 1 aromatic heterocycles. The summed E-state index contributed by atoms with van der Waals surface area (Å²) < 4.78 is 4.70. The Kier molecular flexibility index (Phi) is 7.65. The zero-order valence-corrected chi connectivity index (χ0v) is 17.8. The fourth-order valence-electron chi connectivity index (χ4n) is 3.57. The normalized spacial score (nSPS) is 14.0. The number of pyridine rings is 1. The van der Waals surface area contributed by atoms with Gasteiger partial charge in [0.15, 0.2) is 0 Å². The molecule has 0 radical (unpaired) electrons. The number of rotatable bonds is 6. The Morgan fingerprint density at radius 3 is 2.43 bits per heavy atom. The summed E-state index contributed by atoms with van der Waals surface area (Å²) in [5.74, 6) is 0.618. The van der Waals surface area contributed by atoms with Gasteiger partial charge in [0.1, 0.15) is 5.82 Å². The fourth-order valence-corrected chi connectivity index (χ4v) is 3.57. The maximum atomic E-state index is 12.5. The van der Waals surface area contributed by atoms with E-state index in [1.807, 2.05) is 24.4 Å². The molecule has 1 aliphatic rings. The van der Waals surface area contributed by atoms with E-state index >= 15 is 0 Å². The number of urea groups is 1. The molecule has 0 saturated carbocycles. The van der Waals surface area contributed by atoms with Crippen molar-refractivity contribution >= 4 is 17.8 Å². The maximum Gasteiger partial charge on any atom is 0.337 e. The number of aromatic nitrogens is 1. The number of carbonyl (C=O) groups excluding carboxylic acids is 2. The first-order chi connectivity index (χ1) is 14.6. The van der Waals surface area contributed by atoms with E-state index in [1.54, 1.807) is 24.1 Å². The molecule has 2 amide bonds. The Hall–Kier alpha value is -3.09. The number of esters is 1. The van der Waals surface area contributed by atoms with Gasteiger partial charge in [0.05, 0.1) is 12.7 Å². The smallest absolute Gasteiger partial charge is 0.337 e. The van der Waals surface area contributed by atoms with Crippen molar-refractivity contribution in [3.05, 3.63) is 59.3 Å². The van der Waals surface area contributed by atoms with Crippen molar-refractivity contribution in [3.63, 3.8) is 0 Å². The second-order valence-electron chi connectivity index (χ2n) is 7.63. The molecule has 160 valence electrons. The van der Waals surface area contributed by atoms with Gasteiger partial charge in [-0.1, -0.05) is 25.0 Å². The highest BCUT2D eigenvalue weighted by Crippen LogP contribution is 2.18. The van der Waals surface area contributed by atoms with Crippen LogP contribution in [0.1, 0.15) is 47.2 Å². The van der Waals surface area contributed by atoms with Crippen LogP contribution >= 0.6 is 0 Å². The van der Waals surface area contributed by atoms with Crippen LogP contribution in [0.5, 0.6) is 0 Å². The van der Waals surface area contributed by atoms with Crippen molar-refractivity contribution in [2.45, 2.75) is 38.8 Å². The lowest BCUT2D eigenvalue weighted by Gasteiger charge is -2.22. The molecule has 1 saturated heterocycles. The number of anilines is 1. The summed E-state index contributed by atoms with van der Waals surface area (Å²) in [4.78, 5) is 32.5. The average molecular weight is 411 g/mol. The number of nitrogens with zero attached hydrogens (tertiary/aromatic N) is 3. The van der Waals surface area contributed by atoms with Crippen LogP contribution in [0.25, 0.3) is 0 Å². The van der Waals surface area contributed by atoms with Gasteiger partial charge >= 0.3 is 12.0 Å². The number of hydrogen-bond donors (Lipinski definition) is 1. The topological polar surface area (TPSA) is 74.8 Å². The van der Waals surface area contributed by atoms with Crippen molar-refractivity contribution < 1.29 is 14.3 Å². The van der Waals surface area contributed by atoms with Crippen molar-refractivity contribution in [1.82, 2.24) is 15.2 Å². The molecule has 7 heteroatoms. The summed E-state index contributed by atoms with van der Waals surface area (Å²) in [6, 6.07) is 10.9. The van der Waals surface area contributed by atoms with E-state index < -0.39 is 0 Å². The molecule has 1 aliphatic heterocycles. The summed E-state index contributed by atoms with van der Waals surface area (Å²) >= 11 is 0. The number of benzene rings is 1. The summed E-state index contributed by atoms with van der Waals surface area (Å²) in [7, 11) is 3.10. The van der Waals surface area contributed by atoms with Gasteiger partial charge in [-0.2, -0.15) is 0 Å². The van der Waals surface area contributed by atoms with Crippen molar-refractivity contribution in [2.75, 3.05) is 32.1 Å². The van der Waals surface area contributed by atoms with Crippen molar-refractivity contribution in [1.29, 1.82) is 0 Å². The molecule has 1 N–H and O–H groups in total. The van der Waals surface area contributed by atoms with Gasteiger partial charge in [-0.15, -0.1) is 0 Å². The van der Waals surface area contributed by atoms with Crippen LogP contribution < -0.4 is 10.2 Å². The van der Waals surface area contributed by atoms with Gasteiger partial charge in [-0.3, -0.25) is 0 Å². The molecule has 2 heterocycles. The lowest BCUT2D eigenvalue weighted by Crippen LogP contribution is -2.36. The van der Waals surface area contributed by atoms with E-state index in [4.69, 9.17) is 4.74 Å². The Labute approximate surface area is 178 Å². The molecule has 0 spiro atoms. The Bertz CT molecular complexity index is 846. The lowest BCUT2D eigenvalue weighted by atomic mass is 10.1. The molecule has 3 rings (SSSR count). The molecule has 0 unspecified atom stereocenters. The SMILES string of the molecule is COC(=O)c1ccc(CN(C)C(=O)NCc2ccnc(N3CCCCCC3)c2)cc1. The van der Waals surface area contributed by atoms with Gasteiger partial charge in [0.25, 0.3) is 0 Å². The summed E-state index contributed by atoms with van der Waals surface area (Å²) in [6.07, 6.45) is 6.78. The third kappa shape index (κ3) is 5.95. The fraction of sp³-hybridized carbons (Fsp3) is 0.435. The van der Waals surface area contributed by atoms with E-state index in [9.17, 15) is 9.59 Å². The molecule has 7 nitrogen and oxygen atoms in total. The molecule has 0 bridgehead atoms. The Morgan fingerprint density at radius 1 is 1.07 bits per heavy atom. The van der Waals surface area contributed by atoms with E-state index in [0.29, 0.717) is 18.7 Å². The van der Waals surface area contributed by atoms with Crippen molar-refractivity contribution in [2.24, 2.45) is 0 Å². The minimum absolute atomic E-state index is 0.153. The molecular formula is C23H30N4O3. The largest absolute Gasteiger partial charge is 0.465 e. The van der Waals surface area contributed by atoms with E-state index in [0.717, 1.165) is 30.0 Å². The summed E-state index contributed by atoms with van der Waals surface area (Å²) in [5, 5.41) is 2.97. The molecule has 0 atom stereocenters. The summed E-state index contributed by atoms with van der Waals surface area (Å²) in [5.41, 5.74) is 2.47. The average Bonchev–Trinajstić information content (AvgIpc) is 3.07. The van der Waals surface area contributed by atoms with Crippen LogP contribution in [-0.4, -0.2) is 49.1 Å². The van der Waals surface area contributed by atoms with Crippen LogP contribution in [0, 0.1) is 0 Å². The quantitative estimate of drug-likeness (QED) is 0.737.